The molecule has 3 rings (SSSR count). The summed E-state index contributed by atoms with van der Waals surface area (Å²) in [7, 11) is -2.41. The molecule has 0 radical (unpaired) electrons. The van der Waals surface area contributed by atoms with Crippen LogP contribution in [0.4, 0.5) is 5.69 Å². The molecule has 9 nitrogen and oxygen atoms in total. The monoisotopic (exact) mass is 480 g/mol. The van der Waals surface area contributed by atoms with E-state index < -0.39 is 34.5 Å². The third-order valence-corrected chi connectivity index (χ3v) is 8.01. The molecule has 0 spiro atoms. The van der Waals surface area contributed by atoms with Crippen molar-refractivity contribution in [3.63, 3.8) is 0 Å². The molecule has 0 bridgehead atoms. The summed E-state index contributed by atoms with van der Waals surface area (Å²) < 4.78 is 36.9. The fraction of sp³-hybridized carbons (Fsp3) is 0.381. The van der Waals surface area contributed by atoms with Gasteiger partial charge in [-0.15, -0.1) is 11.3 Å². The Morgan fingerprint density at radius 1 is 1.12 bits per heavy atom. The van der Waals surface area contributed by atoms with E-state index in [0.717, 1.165) is 30.6 Å². The zero-order valence-corrected chi connectivity index (χ0v) is 19.3. The van der Waals surface area contributed by atoms with Gasteiger partial charge in [-0.25, -0.2) is 18.0 Å². The van der Waals surface area contributed by atoms with E-state index >= 15 is 0 Å². The minimum absolute atomic E-state index is 0.0696. The zero-order valence-electron chi connectivity index (χ0n) is 17.7. The maximum atomic E-state index is 12.9. The van der Waals surface area contributed by atoms with Gasteiger partial charge in [-0.3, -0.25) is 4.79 Å². The minimum atomic E-state index is -3.64. The lowest BCUT2D eigenvalue weighted by Crippen LogP contribution is -2.41. The number of amides is 1. The van der Waals surface area contributed by atoms with Gasteiger partial charge in [0.15, 0.2) is 6.61 Å². The van der Waals surface area contributed by atoms with Crippen molar-refractivity contribution >= 4 is 44.9 Å². The SMILES string of the molecule is COC(=O)c1sccc1NC(=O)COC(=O)c1ccc(S(=O)(=O)N2CCCCC2C)cc1. The van der Waals surface area contributed by atoms with Crippen LogP contribution in [0.25, 0.3) is 0 Å². The molecule has 1 N–H and O–H groups in total. The highest BCUT2D eigenvalue weighted by Gasteiger charge is 2.31. The number of thiophene rings is 1. The molecule has 0 aliphatic carbocycles. The standard InChI is InChI=1S/C21H24N2O7S2/c1-14-5-3-4-11-23(14)32(27,28)16-8-6-15(7-9-16)20(25)30-13-18(24)22-17-10-12-31-19(17)21(26)29-2/h6-10,12,14H,3-5,11,13H2,1-2H3,(H,22,24). The molecule has 0 saturated carbocycles. The lowest BCUT2D eigenvalue weighted by Gasteiger charge is -2.32. The van der Waals surface area contributed by atoms with Crippen LogP contribution in [0.1, 0.15) is 46.2 Å². The van der Waals surface area contributed by atoms with Gasteiger partial charge in [0, 0.05) is 12.6 Å². The van der Waals surface area contributed by atoms with Crippen LogP contribution in [-0.2, 0) is 24.3 Å². The molecule has 11 heteroatoms. The lowest BCUT2D eigenvalue weighted by atomic mass is 10.1. The number of rotatable bonds is 7. The zero-order chi connectivity index (χ0) is 23.3. The van der Waals surface area contributed by atoms with Crippen LogP contribution in [0.15, 0.2) is 40.6 Å². The molecule has 1 aliphatic rings. The Balaban J connectivity index is 1.59. The third kappa shape index (κ3) is 5.34. The highest BCUT2D eigenvalue weighted by atomic mass is 32.2. The predicted octanol–water partition coefficient (Wildman–Crippen LogP) is 2.89. The fourth-order valence-corrected chi connectivity index (χ4v) is 5.85. The molecule has 172 valence electrons. The number of piperidine rings is 1. The molecule has 1 saturated heterocycles. The van der Waals surface area contributed by atoms with E-state index in [0.29, 0.717) is 6.54 Å². The van der Waals surface area contributed by atoms with Crippen molar-refractivity contribution in [3.8, 4) is 0 Å². The summed E-state index contributed by atoms with van der Waals surface area (Å²) in [5.74, 6) is -1.98. The van der Waals surface area contributed by atoms with Crippen LogP contribution < -0.4 is 5.32 Å². The maximum absolute atomic E-state index is 12.9. The summed E-state index contributed by atoms with van der Waals surface area (Å²) in [5, 5.41) is 4.11. The Kier molecular flexibility index (Phi) is 7.64. The Morgan fingerprint density at radius 3 is 2.50 bits per heavy atom. The Morgan fingerprint density at radius 2 is 1.84 bits per heavy atom. The summed E-state index contributed by atoms with van der Waals surface area (Å²) in [6.45, 7) is 1.79. The molecule has 1 atom stereocenters. The first-order chi connectivity index (χ1) is 15.2. The average Bonchev–Trinajstić information content (AvgIpc) is 3.25. The molecule has 1 aliphatic heterocycles. The van der Waals surface area contributed by atoms with E-state index in [1.807, 2.05) is 6.92 Å². The van der Waals surface area contributed by atoms with E-state index in [1.54, 1.807) is 11.4 Å². The number of carbonyl (C=O) groups excluding carboxylic acids is 3. The largest absolute Gasteiger partial charge is 0.465 e. The van der Waals surface area contributed by atoms with Crippen LogP contribution in [0.2, 0.25) is 0 Å². The summed E-state index contributed by atoms with van der Waals surface area (Å²) in [6, 6.07) is 6.91. The number of esters is 2. The van der Waals surface area contributed by atoms with Gasteiger partial charge in [-0.2, -0.15) is 4.31 Å². The first kappa shape index (κ1) is 23.9. The topological polar surface area (TPSA) is 119 Å². The molecule has 1 aromatic carbocycles. The second kappa shape index (κ2) is 10.2. The minimum Gasteiger partial charge on any atom is -0.465 e. The number of nitrogens with zero attached hydrogens (tertiary/aromatic N) is 1. The highest BCUT2D eigenvalue weighted by Crippen LogP contribution is 2.25. The number of benzene rings is 1. The van der Waals surface area contributed by atoms with Crippen molar-refractivity contribution in [2.24, 2.45) is 0 Å². The van der Waals surface area contributed by atoms with Gasteiger partial charge in [0.2, 0.25) is 10.0 Å². The Hall–Kier alpha value is -2.76. The van der Waals surface area contributed by atoms with Gasteiger partial charge in [0.05, 0.1) is 23.3 Å². The van der Waals surface area contributed by atoms with E-state index in [-0.39, 0.29) is 27.1 Å². The van der Waals surface area contributed by atoms with E-state index in [1.165, 1.54) is 35.7 Å². The lowest BCUT2D eigenvalue weighted by molar-refractivity contribution is -0.119. The average molecular weight is 481 g/mol. The highest BCUT2D eigenvalue weighted by molar-refractivity contribution is 7.89. The molecule has 1 amide bonds. The number of sulfonamides is 1. The number of ether oxygens (including phenoxy) is 2. The van der Waals surface area contributed by atoms with Crippen LogP contribution in [0.5, 0.6) is 0 Å². The van der Waals surface area contributed by atoms with Crippen molar-refractivity contribution in [1.29, 1.82) is 0 Å². The second-order valence-electron chi connectivity index (χ2n) is 7.26. The van der Waals surface area contributed by atoms with Gasteiger partial charge in [-0.05, 0) is 55.5 Å². The van der Waals surface area contributed by atoms with Gasteiger partial charge < -0.3 is 14.8 Å². The molecule has 2 heterocycles. The van der Waals surface area contributed by atoms with E-state index in [2.05, 4.69) is 10.1 Å². The van der Waals surface area contributed by atoms with Crippen LogP contribution >= 0.6 is 11.3 Å². The fourth-order valence-electron chi connectivity index (χ4n) is 3.39. The summed E-state index contributed by atoms with van der Waals surface area (Å²) in [6.07, 6.45) is 2.64. The van der Waals surface area contributed by atoms with Crippen LogP contribution in [0, 0.1) is 0 Å². The number of anilines is 1. The van der Waals surface area contributed by atoms with Crippen molar-refractivity contribution in [1.82, 2.24) is 4.31 Å². The van der Waals surface area contributed by atoms with Crippen molar-refractivity contribution in [2.75, 3.05) is 25.6 Å². The maximum Gasteiger partial charge on any atom is 0.350 e. The molecular formula is C21H24N2O7S2. The van der Waals surface area contributed by atoms with Crippen LogP contribution in [0.3, 0.4) is 0 Å². The van der Waals surface area contributed by atoms with Crippen LogP contribution in [-0.4, -0.2) is 56.9 Å². The summed E-state index contributed by atoms with van der Waals surface area (Å²) >= 11 is 1.11. The molecule has 1 fully saturated rings. The predicted molar refractivity (Wildman–Crippen MR) is 118 cm³/mol. The quantitative estimate of drug-likeness (QED) is 0.605. The number of hydrogen-bond acceptors (Lipinski definition) is 8. The smallest absolute Gasteiger partial charge is 0.350 e. The van der Waals surface area contributed by atoms with Crippen molar-refractivity contribution in [3.05, 3.63) is 46.2 Å². The van der Waals surface area contributed by atoms with E-state index in [4.69, 9.17) is 4.74 Å². The number of hydrogen-bond donors (Lipinski definition) is 1. The Bertz CT molecular complexity index is 1090. The number of carbonyl (C=O) groups is 3. The molecule has 32 heavy (non-hydrogen) atoms. The third-order valence-electron chi connectivity index (χ3n) is 5.08. The van der Waals surface area contributed by atoms with Gasteiger partial charge in [0.1, 0.15) is 4.88 Å². The van der Waals surface area contributed by atoms with Gasteiger partial charge in [0.25, 0.3) is 5.91 Å². The van der Waals surface area contributed by atoms with Crippen molar-refractivity contribution < 1.29 is 32.3 Å². The normalized spacial score (nSPS) is 16.9. The number of nitrogens with one attached hydrogen (secondary N) is 1. The molecular weight excluding hydrogens is 456 g/mol. The molecule has 1 unspecified atom stereocenters. The first-order valence-corrected chi connectivity index (χ1v) is 12.3. The first-order valence-electron chi connectivity index (χ1n) is 9.98. The van der Waals surface area contributed by atoms with Crippen molar-refractivity contribution in [2.45, 2.75) is 37.1 Å². The second-order valence-corrected chi connectivity index (χ2v) is 10.1. The number of methoxy groups -OCH3 is 1. The molecule has 2 aromatic rings. The van der Waals surface area contributed by atoms with E-state index in [9.17, 15) is 22.8 Å². The summed E-state index contributed by atoms with van der Waals surface area (Å²) in [5.41, 5.74) is 0.388. The Labute approximate surface area is 190 Å². The van der Waals surface area contributed by atoms with Gasteiger partial charge >= 0.3 is 11.9 Å². The van der Waals surface area contributed by atoms with Gasteiger partial charge in [-0.1, -0.05) is 6.42 Å². The molecule has 1 aromatic heterocycles. The summed E-state index contributed by atoms with van der Waals surface area (Å²) in [4.78, 5) is 36.3.